The maximum absolute atomic E-state index is 9.64. The van der Waals surface area contributed by atoms with Gasteiger partial charge >= 0.3 is 0 Å². The molecule has 0 amide bonds. The van der Waals surface area contributed by atoms with Gasteiger partial charge in [0.05, 0.1) is 5.60 Å². The summed E-state index contributed by atoms with van der Waals surface area (Å²) in [6.45, 7) is 8.15. The molecule has 0 aromatic heterocycles. The molecule has 0 aromatic carbocycles. The quantitative estimate of drug-likeness (QED) is 0.628. The number of hydrogen-bond donors (Lipinski definition) is 2. The summed E-state index contributed by atoms with van der Waals surface area (Å²) in [4.78, 5) is 0. The van der Waals surface area contributed by atoms with Gasteiger partial charge in [0.25, 0.3) is 0 Å². The minimum absolute atomic E-state index is 0. The van der Waals surface area contributed by atoms with E-state index in [-0.39, 0.29) is 6.15 Å². The third-order valence-corrected chi connectivity index (χ3v) is 2.70. The van der Waals surface area contributed by atoms with Crippen LogP contribution in [-0.2, 0) is 0 Å². The van der Waals surface area contributed by atoms with Crippen LogP contribution in [0.15, 0.2) is 0 Å². The zero-order valence-electron chi connectivity index (χ0n) is 9.77. The fourth-order valence-electron chi connectivity index (χ4n) is 1.23. The van der Waals surface area contributed by atoms with E-state index >= 15 is 0 Å². The van der Waals surface area contributed by atoms with Gasteiger partial charge in [-0.1, -0.05) is 39.5 Å². The van der Waals surface area contributed by atoms with E-state index < -0.39 is 5.60 Å². The van der Waals surface area contributed by atoms with Gasteiger partial charge in [0.1, 0.15) is 0 Å². The van der Waals surface area contributed by atoms with Gasteiger partial charge in [-0.05, 0) is 26.2 Å². The van der Waals surface area contributed by atoms with E-state index in [1.165, 1.54) is 25.7 Å². The Balaban J connectivity index is 0. The van der Waals surface area contributed by atoms with Crippen LogP contribution in [0.5, 0.6) is 0 Å². The number of rotatable bonds is 6. The van der Waals surface area contributed by atoms with Crippen LogP contribution in [0, 0.1) is 5.92 Å². The van der Waals surface area contributed by atoms with Crippen LogP contribution in [0.4, 0.5) is 0 Å². The smallest absolute Gasteiger partial charge is 0.0617 e. The molecule has 82 valence electrons. The predicted octanol–water partition coefficient (Wildman–Crippen LogP) is 3.53. The Bertz CT molecular complexity index is 107. The van der Waals surface area contributed by atoms with Crippen molar-refractivity contribution in [2.24, 2.45) is 5.92 Å². The van der Waals surface area contributed by atoms with Crippen LogP contribution < -0.4 is 6.15 Å². The summed E-state index contributed by atoms with van der Waals surface area (Å²) in [6, 6.07) is 0. The van der Waals surface area contributed by atoms with Gasteiger partial charge in [-0.15, -0.1) is 0 Å². The van der Waals surface area contributed by atoms with Crippen molar-refractivity contribution in [2.75, 3.05) is 0 Å². The van der Waals surface area contributed by atoms with Crippen molar-refractivity contribution < 1.29 is 5.11 Å². The third-order valence-electron chi connectivity index (χ3n) is 2.70. The van der Waals surface area contributed by atoms with Crippen LogP contribution in [-0.4, -0.2) is 10.7 Å². The zero-order chi connectivity index (χ0) is 9.61. The summed E-state index contributed by atoms with van der Waals surface area (Å²) in [5.41, 5.74) is -0.494. The first-order valence-corrected chi connectivity index (χ1v) is 5.20. The molecule has 0 spiro atoms. The van der Waals surface area contributed by atoms with Crippen molar-refractivity contribution in [3.05, 3.63) is 0 Å². The standard InChI is InChI=1S/C11H24O.H3N/c1-5-6-7-8-9-10(2)11(3,4)12;/h10,12H,5-9H2,1-4H3;1H3. The molecule has 0 aliphatic rings. The molecular formula is C11H27NO. The van der Waals surface area contributed by atoms with Crippen LogP contribution >= 0.6 is 0 Å². The molecule has 1 atom stereocenters. The SMILES string of the molecule is CCCCCCC(C)C(C)(C)O.N. The van der Waals surface area contributed by atoms with Crippen LogP contribution in [0.25, 0.3) is 0 Å². The lowest BCUT2D eigenvalue weighted by Gasteiger charge is -2.25. The van der Waals surface area contributed by atoms with E-state index in [9.17, 15) is 5.11 Å². The number of unbranched alkanes of at least 4 members (excludes halogenated alkanes) is 3. The van der Waals surface area contributed by atoms with Gasteiger partial charge in [0.15, 0.2) is 0 Å². The lowest BCUT2D eigenvalue weighted by molar-refractivity contribution is 0.0203. The largest absolute Gasteiger partial charge is 0.390 e. The van der Waals surface area contributed by atoms with Crippen molar-refractivity contribution in [1.29, 1.82) is 0 Å². The molecule has 0 heterocycles. The molecule has 0 fully saturated rings. The molecular weight excluding hydrogens is 162 g/mol. The monoisotopic (exact) mass is 189 g/mol. The molecule has 0 saturated carbocycles. The second-order valence-electron chi connectivity index (χ2n) is 4.40. The fraction of sp³-hybridized carbons (Fsp3) is 1.00. The minimum Gasteiger partial charge on any atom is -0.390 e. The van der Waals surface area contributed by atoms with Crippen molar-refractivity contribution in [1.82, 2.24) is 6.15 Å². The highest BCUT2D eigenvalue weighted by Crippen LogP contribution is 2.21. The highest BCUT2D eigenvalue weighted by molar-refractivity contribution is 4.72. The fourth-order valence-corrected chi connectivity index (χ4v) is 1.23. The van der Waals surface area contributed by atoms with Gasteiger partial charge in [0.2, 0.25) is 0 Å². The first-order valence-electron chi connectivity index (χ1n) is 5.20. The Labute approximate surface area is 83.3 Å². The van der Waals surface area contributed by atoms with E-state index in [2.05, 4.69) is 13.8 Å². The summed E-state index contributed by atoms with van der Waals surface area (Å²) in [5, 5.41) is 9.64. The molecule has 1 unspecified atom stereocenters. The van der Waals surface area contributed by atoms with Crippen molar-refractivity contribution in [2.45, 2.75) is 65.4 Å². The van der Waals surface area contributed by atoms with Crippen molar-refractivity contribution in [3.8, 4) is 0 Å². The molecule has 2 nitrogen and oxygen atoms in total. The Hall–Kier alpha value is -0.0800. The van der Waals surface area contributed by atoms with Crippen LogP contribution in [0.3, 0.4) is 0 Å². The molecule has 0 saturated heterocycles. The zero-order valence-corrected chi connectivity index (χ0v) is 9.77. The highest BCUT2D eigenvalue weighted by Gasteiger charge is 2.21. The molecule has 0 bridgehead atoms. The second-order valence-corrected chi connectivity index (χ2v) is 4.40. The van der Waals surface area contributed by atoms with E-state index in [4.69, 9.17) is 0 Å². The number of aliphatic hydroxyl groups is 1. The molecule has 0 rings (SSSR count). The Morgan fingerprint density at radius 3 is 2.08 bits per heavy atom. The molecule has 4 N–H and O–H groups in total. The maximum atomic E-state index is 9.64. The summed E-state index contributed by atoms with van der Waals surface area (Å²) in [7, 11) is 0. The highest BCUT2D eigenvalue weighted by atomic mass is 16.3. The molecule has 0 aliphatic carbocycles. The van der Waals surface area contributed by atoms with Crippen LogP contribution in [0.1, 0.15) is 59.8 Å². The van der Waals surface area contributed by atoms with E-state index in [1.807, 2.05) is 13.8 Å². The lowest BCUT2D eigenvalue weighted by atomic mass is 9.88. The minimum atomic E-state index is -0.494. The first-order chi connectivity index (χ1) is 5.48. The molecule has 0 aromatic rings. The predicted molar refractivity (Wildman–Crippen MR) is 59.2 cm³/mol. The Kier molecular flexibility index (Phi) is 8.69. The van der Waals surface area contributed by atoms with Gasteiger partial charge < -0.3 is 11.3 Å². The second kappa shape index (κ2) is 7.34. The van der Waals surface area contributed by atoms with E-state index in [0.29, 0.717) is 5.92 Å². The van der Waals surface area contributed by atoms with Crippen molar-refractivity contribution in [3.63, 3.8) is 0 Å². The molecule has 0 radical (unpaired) electrons. The van der Waals surface area contributed by atoms with Gasteiger partial charge in [-0.3, -0.25) is 0 Å². The number of hydrogen-bond acceptors (Lipinski definition) is 2. The van der Waals surface area contributed by atoms with Gasteiger partial charge in [-0.2, -0.15) is 0 Å². The van der Waals surface area contributed by atoms with E-state index in [1.54, 1.807) is 0 Å². The van der Waals surface area contributed by atoms with Gasteiger partial charge in [-0.25, -0.2) is 0 Å². The average molecular weight is 189 g/mol. The Morgan fingerprint density at radius 1 is 1.15 bits per heavy atom. The van der Waals surface area contributed by atoms with E-state index in [0.717, 1.165) is 6.42 Å². The summed E-state index contributed by atoms with van der Waals surface area (Å²) in [5.74, 6) is 0.425. The Morgan fingerprint density at radius 2 is 1.69 bits per heavy atom. The van der Waals surface area contributed by atoms with Crippen LogP contribution in [0.2, 0.25) is 0 Å². The average Bonchev–Trinajstić information content (AvgIpc) is 1.96. The lowest BCUT2D eigenvalue weighted by Crippen LogP contribution is -2.28. The molecule has 2 heteroatoms. The normalized spacial score (nSPS) is 13.6. The molecule has 13 heavy (non-hydrogen) atoms. The van der Waals surface area contributed by atoms with Gasteiger partial charge in [0, 0.05) is 0 Å². The first kappa shape index (κ1) is 15.4. The van der Waals surface area contributed by atoms with Crippen molar-refractivity contribution >= 4 is 0 Å². The third kappa shape index (κ3) is 8.26. The topological polar surface area (TPSA) is 55.2 Å². The summed E-state index contributed by atoms with van der Waals surface area (Å²) < 4.78 is 0. The maximum Gasteiger partial charge on any atom is 0.0617 e. The summed E-state index contributed by atoms with van der Waals surface area (Å²) in [6.07, 6.45) is 6.36. The molecule has 0 aliphatic heterocycles. The summed E-state index contributed by atoms with van der Waals surface area (Å²) >= 11 is 0.